The summed E-state index contributed by atoms with van der Waals surface area (Å²) in [5, 5.41) is 0. The maximum absolute atomic E-state index is 12.7. The molecule has 2 N–H and O–H groups in total. The van der Waals surface area contributed by atoms with Crippen molar-refractivity contribution in [1.29, 1.82) is 0 Å². The minimum Gasteiger partial charge on any atom is -0.341 e. The molecule has 0 radical (unpaired) electrons. The third-order valence-electron chi connectivity index (χ3n) is 4.35. The van der Waals surface area contributed by atoms with Crippen molar-refractivity contribution in [2.75, 3.05) is 32.4 Å². The molecule has 2 unspecified atom stereocenters. The predicted octanol–water partition coefficient (Wildman–Crippen LogP) is 1.24. The molecule has 24 heavy (non-hydrogen) atoms. The number of carbonyl (C=O) groups is 1. The molecule has 0 bridgehead atoms. The third kappa shape index (κ3) is 5.17. The highest BCUT2D eigenvalue weighted by Gasteiger charge is 2.29. The van der Waals surface area contributed by atoms with Crippen molar-refractivity contribution < 1.29 is 13.2 Å². The molecule has 1 heterocycles. The molecule has 6 nitrogen and oxygen atoms in total. The van der Waals surface area contributed by atoms with Gasteiger partial charge in [-0.1, -0.05) is 37.3 Å². The molecule has 0 aliphatic carbocycles. The van der Waals surface area contributed by atoms with E-state index in [2.05, 4.69) is 0 Å². The first-order valence-electron chi connectivity index (χ1n) is 7.85. The molecule has 1 fully saturated rings. The number of halogens is 1. The lowest BCUT2D eigenvalue weighted by atomic mass is 9.94. The van der Waals surface area contributed by atoms with Crippen LogP contribution in [0.2, 0.25) is 0 Å². The van der Waals surface area contributed by atoms with Gasteiger partial charge in [-0.3, -0.25) is 4.79 Å². The van der Waals surface area contributed by atoms with Gasteiger partial charge < -0.3 is 10.6 Å². The van der Waals surface area contributed by atoms with Crippen LogP contribution in [0.3, 0.4) is 0 Å². The summed E-state index contributed by atoms with van der Waals surface area (Å²) in [5.41, 5.74) is 7.16. The molecule has 2 atom stereocenters. The van der Waals surface area contributed by atoms with Crippen molar-refractivity contribution in [2.24, 2.45) is 11.7 Å². The largest absolute Gasteiger partial charge is 0.341 e. The molecule has 1 aromatic rings. The zero-order valence-corrected chi connectivity index (χ0v) is 15.7. The van der Waals surface area contributed by atoms with Gasteiger partial charge in [0.25, 0.3) is 0 Å². The quantitative estimate of drug-likeness (QED) is 0.858. The van der Waals surface area contributed by atoms with Crippen LogP contribution in [0.1, 0.15) is 24.9 Å². The number of nitrogens with zero attached hydrogens (tertiary/aromatic N) is 2. The molecule has 1 aliphatic rings. The van der Waals surface area contributed by atoms with E-state index in [0.717, 1.165) is 5.56 Å². The zero-order valence-electron chi connectivity index (χ0n) is 14.1. The minimum atomic E-state index is -3.21. The second-order valence-electron chi connectivity index (χ2n) is 6.07. The number of rotatable bonds is 4. The van der Waals surface area contributed by atoms with Crippen LogP contribution >= 0.6 is 12.4 Å². The Morgan fingerprint density at radius 1 is 1.12 bits per heavy atom. The molecule has 0 aromatic heterocycles. The summed E-state index contributed by atoms with van der Waals surface area (Å²) < 4.78 is 24.7. The summed E-state index contributed by atoms with van der Waals surface area (Å²) in [6, 6.07) is 9.20. The summed E-state index contributed by atoms with van der Waals surface area (Å²) in [7, 11) is -3.21. The molecular formula is C16H26ClN3O3S. The Bertz CT molecular complexity index is 639. The van der Waals surface area contributed by atoms with Crippen LogP contribution in [0.4, 0.5) is 0 Å². The first kappa shape index (κ1) is 20.9. The highest BCUT2D eigenvalue weighted by molar-refractivity contribution is 7.88. The van der Waals surface area contributed by atoms with Gasteiger partial charge in [0.2, 0.25) is 15.9 Å². The molecule has 0 spiro atoms. The Hall–Kier alpha value is -1.15. The van der Waals surface area contributed by atoms with E-state index in [9.17, 15) is 13.2 Å². The van der Waals surface area contributed by atoms with Gasteiger partial charge in [0, 0.05) is 32.2 Å². The highest BCUT2D eigenvalue weighted by atomic mass is 35.5. The van der Waals surface area contributed by atoms with E-state index in [1.165, 1.54) is 10.6 Å². The molecule has 1 aliphatic heterocycles. The normalized spacial score (nSPS) is 19.0. The Kier molecular flexibility index (Phi) is 7.66. The Morgan fingerprint density at radius 3 is 2.33 bits per heavy atom. The van der Waals surface area contributed by atoms with Crippen LogP contribution < -0.4 is 5.73 Å². The van der Waals surface area contributed by atoms with Gasteiger partial charge in [-0.15, -0.1) is 12.4 Å². The van der Waals surface area contributed by atoms with E-state index in [4.69, 9.17) is 5.73 Å². The van der Waals surface area contributed by atoms with Gasteiger partial charge in [-0.2, -0.15) is 0 Å². The number of hydrogen-bond donors (Lipinski definition) is 1. The SMILES string of the molecule is CC(C(=O)N1CCCN(S(C)(=O)=O)CC1)C(N)c1ccccc1.Cl. The Morgan fingerprint density at radius 2 is 1.75 bits per heavy atom. The molecular weight excluding hydrogens is 350 g/mol. The van der Waals surface area contributed by atoms with E-state index >= 15 is 0 Å². The standard InChI is InChI=1S/C16H25N3O3S.ClH/c1-13(15(17)14-7-4-3-5-8-14)16(20)18-9-6-10-19(12-11-18)23(2,21)22;/h3-5,7-8,13,15H,6,9-12,17H2,1-2H3;1H. The van der Waals surface area contributed by atoms with Crippen molar-refractivity contribution in [2.45, 2.75) is 19.4 Å². The molecule has 1 saturated heterocycles. The van der Waals surface area contributed by atoms with Crippen LogP contribution in [0.15, 0.2) is 30.3 Å². The van der Waals surface area contributed by atoms with Crippen molar-refractivity contribution in [3.8, 4) is 0 Å². The van der Waals surface area contributed by atoms with E-state index in [1.54, 1.807) is 4.90 Å². The molecule has 2 rings (SSSR count). The average Bonchev–Trinajstić information content (AvgIpc) is 2.79. The van der Waals surface area contributed by atoms with Gasteiger partial charge in [0.1, 0.15) is 0 Å². The smallest absolute Gasteiger partial charge is 0.227 e. The summed E-state index contributed by atoms with van der Waals surface area (Å²) in [5.74, 6) is -0.362. The minimum absolute atomic E-state index is 0. The monoisotopic (exact) mass is 375 g/mol. The summed E-state index contributed by atoms with van der Waals surface area (Å²) >= 11 is 0. The Labute approximate surface area is 150 Å². The van der Waals surface area contributed by atoms with Crippen LogP contribution in [-0.2, 0) is 14.8 Å². The number of carbonyl (C=O) groups excluding carboxylic acids is 1. The first-order chi connectivity index (χ1) is 10.8. The van der Waals surface area contributed by atoms with Crippen LogP contribution in [0.5, 0.6) is 0 Å². The number of sulfonamides is 1. The van der Waals surface area contributed by atoms with Gasteiger partial charge in [0.05, 0.1) is 12.2 Å². The lowest BCUT2D eigenvalue weighted by Crippen LogP contribution is -2.41. The molecule has 1 aromatic carbocycles. The molecule has 0 saturated carbocycles. The van der Waals surface area contributed by atoms with Crippen molar-refractivity contribution in [1.82, 2.24) is 9.21 Å². The molecule has 8 heteroatoms. The second kappa shape index (κ2) is 8.80. The summed E-state index contributed by atoms with van der Waals surface area (Å²) in [6.07, 6.45) is 1.85. The number of benzene rings is 1. The predicted molar refractivity (Wildman–Crippen MR) is 97.4 cm³/mol. The zero-order chi connectivity index (χ0) is 17.0. The maximum Gasteiger partial charge on any atom is 0.227 e. The fourth-order valence-electron chi connectivity index (χ4n) is 2.85. The van der Waals surface area contributed by atoms with Gasteiger partial charge in [0.15, 0.2) is 0 Å². The van der Waals surface area contributed by atoms with Crippen LogP contribution in [0, 0.1) is 5.92 Å². The lowest BCUT2D eigenvalue weighted by molar-refractivity contribution is -0.135. The summed E-state index contributed by atoms with van der Waals surface area (Å²) in [4.78, 5) is 14.4. The Balaban J connectivity index is 0.00000288. The average molecular weight is 376 g/mol. The highest BCUT2D eigenvalue weighted by Crippen LogP contribution is 2.22. The van der Waals surface area contributed by atoms with Crippen molar-refractivity contribution in [3.05, 3.63) is 35.9 Å². The van der Waals surface area contributed by atoms with Crippen LogP contribution in [0.25, 0.3) is 0 Å². The number of amides is 1. The molecule has 1 amide bonds. The van der Waals surface area contributed by atoms with E-state index in [-0.39, 0.29) is 30.3 Å². The van der Waals surface area contributed by atoms with E-state index in [0.29, 0.717) is 32.6 Å². The van der Waals surface area contributed by atoms with Crippen molar-refractivity contribution in [3.63, 3.8) is 0 Å². The lowest BCUT2D eigenvalue weighted by Gasteiger charge is -2.27. The number of hydrogen-bond acceptors (Lipinski definition) is 4. The van der Waals surface area contributed by atoms with Gasteiger partial charge in [-0.25, -0.2) is 12.7 Å². The fraction of sp³-hybridized carbons (Fsp3) is 0.562. The fourth-order valence-corrected chi connectivity index (χ4v) is 3.73. The third-order valence-corrected chi connectivity index (χ3v) is 5.65. The molecule has 136 valence electrons. The summed E-state index contributed by atoms with van der Waals surface area (Å²) in [6.45, 7) is 3.62. The van der Waals surface area contributed by atoms with Gasteiger partial charge >= 0.3 is 0 Å². The number of nitrogens with two attached hydrogens (primary N) is 1. The van der Waals surface area contributed by atoms with Crippen molar-refractivity contribution >= 4 is 28.3 Å². The van der Waals surface area contributed by atoms with E-state index in [1.807, 2.05) is 37.3 Å². The van der Waals surface area contributed by atoms with E-state index < -0.39 is 10.0 Å². The second-order valence-corrected chi connectivity index (χ2v) is 8.05. The van der Waals surface area contributed by atoms with Gasteiger partial charge in [-0.05, 0) is 12.0 Å². The topological polar surface area (TPSA) is 83.7 Å². The van der Waals surface area contributed by atoms with Crippen LogP contribution in [-0.4, -0.2) is 56.0 Å². The maximum atomic E-state index is 12.7. The first-order valence-corrected chi connectivity index (χ1v) is 9.70.